The lowest BCUT2D eigenvalue weighted by molar-refractivity contribution is 0.0601. The Morgan fingerprint density at radius 3 is 2.27 bits per heavy atom. The molecular weight excluding hydrogens is 542 g/mol. The van der Waals surface area contributed by atoms with Gasteiger partial charge in [0.1, 0.15) is 10.8 Å². The van der Waals surface area contributed by atoms with E-state index in [4.69, 9.17) is 21.7 Å². The maximum Gasteiger partial charge on any atom is 0.341 e. The van der Waals surface area contributed by atoms with Crippen LogP contribution in [0.3, 0.4) is 0 Å². The molecule has 1 amide bonds. The van der Waals surface area contributed by atoms with Crippen molar-refractivity contribution in [1.82, 2.24) is 10.2 Å². The first-order chi connectivity index (χ1) is 18.7. The molecule has 0 spiro atoms. The zero-order valence-corrected chi connectivity index (χ0v) is 27.5. The van der Waals surface area contributed by atoms with E-state index in [1.165, 1.54) is 34.5 Å². The molecule has 0 saturated heterocycles. The minimum atomic E-state index is -0.508. The van der Waals surface area contributed by atoms with Crippen molar-refractivity contribution in [3.05, 3.63) is 45.3 Å². The summed E-state index contributed by atoms with van der Waals surface area (Å²) in [7, 11) is 4.67. The molecule has 40 heavy (non-hydrogen) atoms. The summed E-state index contributed by atoms with van der Waals surface area (Å²) in [5.41, 5.74) is 3.66. The van der Waals surface area contributed by atoms with Crippen molar-refractivity contribution in [2.24, 2.45) is 0 Å². The molecule has 0 aliphatic rings. The second-order valence-electron chi connectivity index (χ2n) is 11.6. The van der Waals surface area contributed by atoms with Gasteiger partial charge in [0, 0.05) is 26.2 Å². The monoisotopic (exact) mass is 589 g/mol. The van der Waals surface area contributed by atoms with Crippen molar-refractivity contribution in [1.29, 1.82) is 0 Å². The summed E-state index contributed by atoms with van der Waals surface area (Å²) in [6.45, 7) is 16.6. The molecule has 2 N–H and O–H groups in total. The molecule has 0 fully saturated rings. The van der Waals surface area contributed by atoms with Gasteiger partial charge in [-0.25, -0.2) is 4.79 Å². The highest BCUT2D eigenvalue weighted by molar-refractivity contribution is 7.80. The van der Waals surface area contributed by atoms with E-state index in [9.17, 15) is 9.59 Å². The highest BCUT2D eigenvalue weighted by atomic mass is 32.1. The number of hydrogen-bond donors (Lipinski definition) is 2. The third-order valence-electron chi connectivity index (χ3n) is 7.74. The quantitative estimate of drug-likeness (QED) is 0.147. The molecule has 1 heterocycles. The minimum Gasteiger partial charge on any atom is -0.493 e. The minimum absolute atomic E-state index is 0.0226. The van der Waals surface area contributed by atoms with Crippen LogP contribution < -0.4 is 15.4 Å². The Bertz CT molecular complexity index is 1200. The number of thiophene rings is 1. The third-order valence-corrected chi connectivity index (χ3v) is 9.18. The van der Waals surface area contributed by atoms with Crippen LogP contribution in [-0.4, -0.2) is 56.2 Å². The van der Waals surface area contributed by atoms with Gasteiger partial charge < -0.3 is 25.0 Å². The predicted octanol–water partition coefficient (Wildman–Crippen LogP) is 7.07. The van der Waals surface area contributed by atoms with Crippen LogP contribution in [0.2, 0.25) is 0 Å². The number of nitrogens with zero attached hydrogens (tertiary/aromatic N) is 1. The van der Waals surface area contributed by atoms with Crippen molar-refractivity contribution < 1.29 is 19.1 Å². The van der Waals surface area contributed by atoms with E-state index in [1.54, 1.807) is 21.0 Å². The average Bonchev–Trinajstić information content (AvgIpc) is 3.24. The van der Waals surface area contributed by atoms with Gasteiger partial charge in [-0.15, -0.1) is 11.3 Å². The van der Waals surface area contributed by atoms with Crippen LogP contribution in [0.5, 0.6) is 5.75 Å². The predicted molar refractivity (Wildman–Crippen MR) is 170 cm³/mol. The molecule has 0 aliphatic heterocycles. The van der Waals surface area contributed by atoms with Crippen LogP contribution in [0.25, 0.3) is 0 Å². The molecule has 0 atom stereocenters. The molecule has 2 rings (SSSR count). The van der Waals surface area contributed by atoms with Gasteiger partial charge in [-0.2, -0.15) is 0 Å². The molecule has 9 heteroatoms. The Morgan fingerprint density at radius 1 is 1.05 bits per heavy atom. The van der Waals surface area contributed by atoms with Crippen LogP contribution in [0, 0.1) is 6.92 Å². The smallest absolute Gasteiger partial charge is 0.341 e. The lowest BCUT2D eigenvalue weighted by Crippen LogP contribution is -2.29. The SMILES string of the molecule is CCC(C)(C)c1ccc(OCCCCNC(=S)Nc2sc(C(=O)N(C)C)c(C)c2C(=O)OC)c(C(C)(C)CC)c1. The van der Waals surface area contributed by atoms with Gasteiger partial charge in [0.25, 0.3) is 5.91 Å². The maximum absolute atomic E-state index is 12.6. The molecule has 0 bridgehead atoms. The van der Waals surface area contributed by atoms with Crippen LogP contribution in [-0.2, 0) is 15.6 Å². The summed E-state index contributed by atoms with van der Waals surface area (Å²) in [6, 6.07) is 6.67. The fourth-order valence-electron chi connectivity index (χ4n) is 4.12. The largest absolute Gasteiger partial charge is 0.493 e. The van der Waals surface area contributed by atoms with Crippen molar-refractivity contribution in [2.45, 2.75) is 85.0 Å². The first-order valence-electron chi connectivity index (χ1n) is 14.0. The van der Waals surface area contributed by atoms with E-state index in [0.717, 1.165) is 31.4 Å². The van der Waals surface area contributed by atoms with E-state index in [-0.39, 0.29) is 16.7 Å². The number of carbonyl (C=O) groups is 2. The van der Waals surface area contributed by atoms with E-state index < -0.39 is 5.97 Å². The number of nitrogens with one attached hydrogen (secondary N) is 2. The molecular formula is C31H47N3O4S2. The number of amides is 1. The Labute approximate surface area is 250 Å². The summed E-state index contributed by atoms with van der Waals surface area (Å²) >= 11 is 6.67. The Morgan fingerprint density at radius 2 is 1.70 bits per heavy atom. The summed E-state index contributed by atoms with van der Waals surface area (Å²) < 4.78 is 11.2. The second-order valence-corrected chi connectivity index (χ2v) is 13.0. The van der Waals surface area contributed by atoms with Crippen LogP contribution >= 0.6 is 23.6 Å². The van der Waals surface area contributed by atoms with Crippen LogP contribution in [0.4, 0.5) is 5.00 Å². The summed E-state index contributed by atoms with van der Waals surface area (Å²) in [5, 5.41) is 7.16. The molecule has 7 nitrogen and oxygen atoms in total. The lowest BCUT2D eigenvalue weighted by atomic mass is 9.76. The van der Waals surface area contributed by atoms with Crippen molar-refractivity contribution >= 4 is 45.5 Å². The van der Waals surface area contributed by atoms with Gasteiger partial charge in [-0.1, -0.05) is 53.7 Å². The maximum atomic E-state index is 12.6. The van der Waals surface area contributed by atoms with E-state index in [1.807, 2.05) is 0 Å². The van der Waals surface area contributed by atoms with Crippen molar-refractivity contribution in [3.8, 4) is 5.75 Å². The molecule has 222 valence electrons. The molecule has 0 radical (unpaired) electrons. The standard InChI is InChI=1S/C31H47N3O4S2/c1-11-30(4,5)21-15-16-23(22(19-21)31(6,7)12-2)38-18-14-13-17-32-29(39)33-26-24(28(36)37-10)20(3)25(40-26)27(35)34(8)9/h15-16,19H,11-14,17-18H2,1-10H3,(H2,32,33,39). The molecule has 0 unspecified atom stereocenters. The van der Waals surface area contributed by atoms with Crippen molar-refractivity contribution in [3.63, 3.8) is 0 Å². The number of rotatable bonds is 13. The third kappa shape index (κ3) is 8.19. The van der Waals surface area contributed by atoms with Crippen LogP contribution in [0.1, 0.15) is 104 Å². The van der Waals surface area contributed by atoms with E-state index >= 15 is 0 Å². The van der Waals surface area contributed by atoms with Gasteiger partial charge in [-0.3, -0.25) is 4.79 Å². The number of anilines is 1. The van der Waals surface area contributed by atoms with Gasteiger partial charge in [0.15, 0.2) is 5.11 Å². The molecule has 1 aromatic heterocycles. The Balaban J connectivity index is 1.97. The van der Waals surface area contributed by atoms with Crippen molar-refractivity contribution in [2.75, 3.05) is 39.7 Å². The fraction of sp³-hybridized carbons (Fsp3) is 0.581. The Kier molecular flexibility index (Phi) is 12.0. The van der Waals surface area contributed by atoms with Crippen LogP contribution in [0.15, 0.2) is 18.2 Å². The first-order valence-corrected chi connectivity index (χ1v) is 15.2. The van der Waals surface area contributed by atoms with Gasteiger partial charge in [0.2, 0.25) is 0 Å². The first kappa shape index (κ1) is 33.6. The second kappa shape index (κ2) is 14.3. The molecule has 0 saturated carbocycles. The number of benzene rings is 1. The zero-order chi connectivity index (χ0) is 30.3. The summed E-state index contributed by atoms with van der Waals surface area (Å²) in [4.78, 5) is 26.9. The number of thiocarbonyl (C=S) groups is 1. The summed E-state index contributed by atoms with van der Waals surface area (Å²) in [5.74, 6) is 0.277. The highest BCUT2D eigenvalue weighted by Crippen LogP contribution is 2.38. The zero-order valence-electron chi connectivity index (χ0n) is 25.9. The normalized spacial score (nSPS) is 11.7. The van der Waals surface area contributed by atoms with E-state index in [2.05, 4.69) is 70.4 Å². The fourth-order valence-corrected chi connectivity index (χ4v) is 5.60. The molecule has 2 aromatic rings. The van der Waals surface area contributed by atoms with Gasteiger partial charge in [0.05, 0.1) is 24.2 Å². The van der Waals surface area contributed by atoms with Gasteiger partial charge in [-0.05, 0) is 72.8 Å². The molecule has 0 aliphatic carbocycles. The average molecular weight is 590 g/mol. The lowest BCUT2D eigenvalue weighted by Gasteiger charge is -2.30. The number of unbranched alkanes of at least 4 members (excludes halogenated alkanes) is 1. The number of hydrogen-bond acceptors (Lipinski definition) is 6. The molecule has 1 aromatic carbocycles. The topological polar surface area (TPSA) is 79.9 Å². The Hall–Kier alpha value is -2.65. The van der Waals surface area contributed by atoms with Gasteiger partial charge >= 0.3 is 5.97 Å². The number of methoxy groups -OCH3 is 1. The summed E-state index contributed by atoms with van der Waals surface area (Å²) in [6.07, 6.45) is 3.82. The number of carbonyl (C=O) groups excluding carboxylic acids is 2. The highest BCUT2D eigenvalue weighted by Gasteiger charge is 2.28. The van der Waals surface area contributed by atoms with E-state index in [0.29, 0.717) is 39.3 Å². The number of ether oxygens (including phenoxy) is 2. The number of esters is 1.